The molecule has 21 heavy (non-hydrogen) atoms. The Kier molecular flexibility index (Phi) is 5.20. The zero-order chi connectivity index (χ0) is 15.4. The number of hydrogen-bond acceptors (Lipinski definition) is 2. The van der Waals surface area contributed by atoms with Crippen LogP contribution in [0.5, 0.6) is 0 Å². The van der Waals surface area contributed by atoms with Gasteiger partial charge >= 0.3 is 0 Å². The first-order valence-corrected chi connectivity index (χ1v) is 7.54. The Labute approximate surface area is 135 Å². The van der Waals surface area contributed by atoms with Gasteiger partial charge in [0.2, 0.25) is 5.91 Å². The molecule has 0 spiro atoms. The second-order valence-electron chi connectivity index (χ2n) is 4.62. The van der Waals surface area contributed by atoms with E-state index in [0.29, 0.717) is 5.02 Å². The van der Waals surface area contributed by atoms with E-state index < -0.39 is 0 Å². The average molecular weight is 370 g/mol. The maximum Gasteiger partial charge on any atom is 0.251 e. The summed E-state index contributed by atoms with van der Waals surface area (Å²) in [6, 6.07) is 10.2. The third kappa shape index (κ3) is 4.19. The molecule has 1 atom stereocenters. The van der Waals surface area contributed by atoms with Gasteiger partial charge in [-0.25, -0.2) is 0 Å². The highest BCUT2D eigenvalue weighted by Crippen LogP contribution is 2.21. The van der Waals surface area contributed by atoms with E-state index in [1.165, 1.54) is 10.6 Å². The van der Waals surface area contributed by atoms with Crippen LogP contribution in [0.15, 0.2) is 51.9 Å². The lowest BCUT2D eigenvalue weighted by molar-refractivity contribution is -0.122. The Morgan fingerprint density at radius 2 is 2.05 bits per heavy atom. The number of carbonyl (C=O) groups excluding carboxylic acids is 1. The monoisotopic (exact) mass is 368 g/mol. The molecule has 1 aromatic heterocycles. The first-order chi connectivity index (χ1) is 9.97. The fourth-order valence-electron chi connectivity index (χ4n) is 1.97. The summed E-state index contributed by atoms with van der Waals surface area (Å²) in [7, 11) is 0. The molecule has 0 saturated carbocycles. The van der Waals surface area contributed by atoms with Crippen LogP contribution < -0.4 is 10.9 Å². The summed E-state index contributed by atoms with van der Waals surface area (Å²) in [5.41, 5.74) is 0.618. The van der Waals surface area contributed by atoms with Crippen LogP contribution in [-0.2, 0) is 11.3 Å². The van der Waals surface area contributed by atoms with Gasteiger partial charge in [-0.3, -0.25) is 9.59 Å². The smallest absolute Gasteiger partial charge is 0.251 e. The molecule has 2 rings (SSSR count). The van der Waals surface area contributed by atoms with Crippen LogP contribution in [0.25, 0.3) is 0 Å². The number of rotatable bonds is 4. The Bertz CT molecular complexity index is 715. The Balaban J connectivity index is 2.07. The van der Waals surface area contributed by atoms with Crippen LogP contribution in [0.3, 0.4) is 0 Å². The average Bonchev–Trinajstić information content (AvgIpc) is 2.43. The van der Waals surface area contributed by atoms with Crippen LogP contribution >= 0.6 is 27.5 Å². The van der Waals surface area contributed by atoms with Gasteiger partial charge in [-0.15, -0.1) is 0 Å². The maximum absolute atomic E-state index is 12.0. The molecule has 4 nitrogen and oxygen atoms in total. The van der Waals surface area contributed by atoms with Crippen LogP contribution in [0.4, 0.5) is 0 Å². The summed E-state index contributed by atoms with van der Waals surface area (Å²) >= 11 is 9.37. The van der Waals surface area contributed by atoms with Gasteiger partial charge in [0.1, 0.15) is 6.54 Å². The van der Waals surface area contributed by atoms with E-state index in [1.54, 1.807) is 18.3 Å². The van der Waals surface area contributed by atoms with Gasteiger partial charge in [0, 0.05) is 21.8 Å². The van der Waals surface area contributed by atoms with Crippen LogP contribution in [-0.4, -0.2) is 10.5 Å². The lowest BCUT2D eigenvalue weighted by Gasteiger charge is -2.16. The van der Waals surface area contributed by atoms with Gasteiger partial charge in [0.05, 0.1) is 6.04 Å². The Morgan fingerprint density at radius 3 is 2.76 bits per heavy atom. The van der Waals surface area contributed by atoms with E-state index in [4.69, 9.17) is 11.6 Å². The molecule has 1 heterocycles. The number of carbonyl (C=O) groups is 1. The topological polar surface area (TPSA) is 51.1 Å². The summed E-state index contributed by atoms with van der Waals surface area (Å²) in [6.45, 7) is 1.82. The number of amides is 1. The molecule has 2 aromatic rings. The predicted molar refractivity (Wildman–Crippen MR) is 86.4 cm³/mol. The maximum atomic E-state index is 12.0. The molecule has 0 saturated heterocycles. The molecule has 0 aliphatic heterocycles. The molecule has 0 aliphatic carbocycles. The molecule has 0 fully saturated rings. The minimum Gasteiger partial charge on any atom is -0.348 e. The number of halogens is 2. The van der Waals surface area contributed by atoms with E-state index in [1.807, 2.05) is 25.1 Å². The molecule has 110 valence electrons. The molecule has 0 aliphatic rings. The third-order valence-electron chi connectivity index (χ3n) is 3.01. The highest BCUT2D eigenvalue weighted by atomic mass is 79.9. The van der Waals surface area contributed by atoms with Crippen molar-refractivity contribution in [3.05, 3.63) is 68.0 Å². The Hall–Kier alpha value is -1.59. The third-order valence-corrected chi connectivity index (χ3v) is 3.82. The molecule has 0 radical (unpaired) electrons. The fraction of sp³-hybridized carbons (Fsp3) is 0.200. The summed E-state index contributed by atoms with van der Waals surface area (Å²) in [5.74, 6) is -0.248. The number of hydrogen-bond donors (Lipinski definition) is 1. The van der Waals surface area contributed by atoms with Crippen LogP contribution in [0, 0.1) is 0 Å². The number of aromatic nitrogens is 1. The van der Waals surface area contributed by atoms with E-state index in [-0.39, 0.29) is 24.1 Å². The minimum atomic E-state index is -0.248. The molecular formula is C15H14BrClN2O2. The van der Waals surface area contributed by atoms with Gasteiger partial charge in [-0.2, -0.15) is 0 Å². The van der Waals surface area contributed by atoms with Crippen LogP contribution in [0.2, 0.25) is 5.02 Å². The molecule has 0 bridgehead atoms. The van der Waals surface area contributed by atoms with Crippen molar-refractivity contribution in [2.75, 3.05) is 0 Å². The fourth-order valence-corrected chi connectivity index (χ4v) is 2.65. The number of nitrogens with one attached hydrogen (secondary N) is 1. The summed E-state index contributed by atoms with van der Waals surface area (Å²) in [6.07, 6.45) is 1.59. The molecule has 1 unspecified atom stereocenters. The van der Waals surface area contributed by atoms with Gasteiger partial charge < -0.3 is 9.88 Å². The zero-order valence-corrected chi connectivity index (χ0v) is 13.7. The van der Waals surface area contributed by atoms with E-state index in [9.17, 15) is 9.59 Å². The highest BCUT2D eigenvalue weighted by Gasteiger charge is 2.13. The SMILES string of the molecule is CC(NC(=O)Cn1cc(Br)ccc1=O)c1ccccc1Cl. The van der Waals surface area contributed by atoms with Crippen molar-refractivity contribution in [1.29, 1.82) is 0 Å². The molecule has 1 N–H and O–H groups in total. The second-order valence-corrected chi connectivity index (χ2v) is 5.95. The first-order valence-electron chi connectivity index (χ1n) is 6.37. The van der Waals surface area contributed by atoms with Gasteiger partial charge in [0.25, 0.3) is 5.56 Å². The molecular weight excluding hydrogens is 356 g/mol. The van der Waals surface area contributed by atoms with Crippen molar-refractivity contribution in [3.8, 4) is 0 Å². The van der Waals surface area contributed by atoms with Gasteiger partial charge in [-0.1, -0.05) is 29.8 Å². The minimum absolute atomic E-state index is 0.0347. The molecule has 1 aromatic carbocycles. The van der Waals surface area contributed by atoms with E-state index >= 15 is 0 Å². The zero-order valence-electron chi connectivity index (χ0n) is 11.3. The summed E-state index contributed by atoms with van der Waals surface area (Å²) in [4.78, 5) is 23.7. The van der Waals surface area contributed by atoms with Crippen molar-refractivity contribution in [1.82, 2.24) is 9.88 Å². The first kappa shape index (κ1) is 15.8. The van der Waals surface area contributed by atoms with Crippen molar-refractivity contribution < 1.29 is 4.79 Å². The summed E-state index contributed by atoms with van der Waals surface area (Å²) < 4.78 is 2.09. The number of benzene rings is 1. The number of pyridine rings is 1. The molecule has 1 amide bonds. The van der Waals surface area contributed by atoms with Crippen molar-refractivity contribution in [2.24, 2.45) is 0 Å². The second kappa shape index (κ2) is 6.91. The van der Waals surface area contributed by atoms with Gasteiger partial charge in [-0.05, 0) is 40.5 Å². The largest absolute Gasteiger partial charge is 0.348 e. The van der Waals surface area contributed by atoms with Crippen molar-refractivity contribution in [3.63, 3.8) is 0 Å². The lowest BCUT2D eigenvalue weighted by Crippen LogP contribution is -2.33. The quantitative estimate of drug-likeness (QED) is 0.900. The van der Waals surface area contributed by atoms with Crippen LogP contribution in [0.1, 0.15) is 18.5 Å². The molecule has 6 heteroatoms. The normalized spacial score (nSPS) is 12.0. The summed E-state index contributed by atoms with van der Waals surface area (Å²) in [5, 5.41) is 3.44. The number of nitrogens with zero attached hydrogens (tertiary/aromatic N) is 1. The van der Waals surface area contributed by atoms with Gasteiger partial charge in [0.15, 0.2) is 0 Å². The van der Waals surface area contributed by atoms with E-state index in [2.05, 4.69) is 21.2 Å². The van der Waals surface area contributed by atoms with Crippen molar-refractivity contribution >= 4 is 33.4 Å². The van der Waals surface area contributed by atoms with E-state index in [0.717, 1.165) is 10.0 Å². The highest BCUT2D eigenvalue weighted by molar-refractivity contribution is 9.10. The van der Waals surface area contributed by atoms with Crippen molar-refractivity contribution in [2.45, 2.75) is 19.5 Å². The standard InChI is InChI=1S/C15H14BrClN2O2/c1-10(12-4-2-3-5-13(12)17)18-14(20)9-19-8-11(16)6-7-15(19)21/h2-8,10H,9H2,1H3,(H,18,20). The predicted octanol–water partition coefficient (Wildman–Crippen LogP) is 3.14. The lowest BCUT2D eigenvalue weighted by atomic mass is 10.1. The Morgan fingerprint density at radius 1 is 1.33 bits per heavy atom.